The molecule has 0 aliphatic carbocycles. The average Bonchev–Trinajstić information content (AvgIpc) is 2.93. The Balaban J connectivity index is 1.91. The van der Waals surface area contributed by atoms with Crippen molar-refractivity contribution in [2.24, 2.45) is 0 Å². The summed E-state index contributed by atoms with van der Waals surface area (Å²) in [5, 5.41) is 2.37. The molecule has 2 aromatic rings. The van der Waals surface area contributed by atoms with E-state index in [-0.39, 0.29) is 11.4 Å². The molecule has 0 spiro atoms. The van der Waals surface area contributed by atoms with E-state index in [1.807, 2.05) is 0 Å². The van der Waals surface area contributed by atoms with Gasteiger partial charge in [-0.2, -0.15) is 0 Å². The van der Waals surface area contributed by atoms with Crippen molar-refractivity contribution in [3.63, 3.8) is 0 Å². The molecule has 5 nitrogen and oxygen atoms in total. The Morgan fingerprint density at radius 2 is 1.85 bits per heavy atom. The summed E-state index contributed by atoms with van der Waals surface area (Å²) >= 11 is 0. The summed E-state index contributed by atoms with van der Waals surface area (Å²) in [5.41, 5.74) is 0.653. The molecule has 0 bridgehead atoms. The van der Waals surface area contributed by atoms with Gasteiger partial charge in [-0.3, -0.25) is 9.10 Å². The van der Waals surface area contributed by atoms with Crippen molar-refractivity contribution in [2.45, 2.75) is 13.3 Å². The van der Waals surface area contributed by atoms with Crippen LogP contribution in [0.2, 0.25) is 0 Å². The quantitative estimate of drug-likeness (QED) is 0.827. The molecule has 0 radical (unpaired) electrons. The molecular weight excluding hydrogens is 369 g/mol. The number of anilines is 2. The first kappa shape index (κ1) is 18.2. The summed E-state index contributed by atoms with van der Waals surface area (Å²) < 4.78 is 65.5. The lowest BCUT2D eigenvalue weighted by Crippen LogP contribution is -2.26. The van der Waals surface area contributed by atoms with Gasteiger partial charge in [-0.25, -0.2) is 21.6 Å². The summed E-state index contributed by atoms with van der Waals surface area (Å²) in [6, 6.07) is 6.07. The van der Waals surface area contributed by atoms with Crippen LogP contribution in [0, 0.1) is 24.4 Å². The van der Waals surface area contributed by atoms with E-state index >= 15 is 0 Å². The van der Waals surface area contributed by atoms with Crippen LogP contribution in [0.3, 0.4) is 0 Å². The minimum Gasteiger partial charge on any atom is -0.322 e. The maximum atomic E-state index is 13.7. The van der Waals surface area contributed by atoms with Crippen molar-refractivity contribution in [1.82, 2.24) is 0 Å². The van der Waals surface area contributed by atoms with E-state index in [1.165, 1.54) is 16.4 Å². The van der Waals surface area contributed by atoms with Gasteiger partial charge >= 0.3 is 0 Å². The molecule has 1 heterocycles. The SMILES string of the molecule is Cc1ccc(NC(=O)c2ccc(F)c(F)c2F)cc1N1CCCS1(=O)=O. The molecule has 0 atom stereocenters. The minimum atomic E-state index is -3.41. The third-order valence-corrected chi connectivity index (χ3v) is 5.97. The zero-order chi connectivity index (χ0) is 19.1. The Morgan fingerprint density at radius 1 is 1.12 bits per heavy atom. The van der Waals surface area contributed by atoms with Gasteiger partial charge in [-0.15, -0.1) is 0 Å². The lowest BCUT2D eigenvalue weighted by atomic mass is 10.1. The van der Waals surface area contributed by atoms with Crippen molar-refractivity contribution < 1.29 is 26.4 Å². The Kier molecular flexibility index (Phi) is 4.66. The van der Waals surface area contributed by atoms with E-state index in [9.17, 15) is 26.4 Å². The molecule has 26 heavy (non-hydrogen) atoms. The third-order valence-electron chi connectivity index (χ3n) is 4.11. The molecular formula is C17H15F3N2O3S. The topological polar surface area (TPSA) is 66.5 Å². The van der Waals surface area contributed by atoms with Crippen molar-refractivity contribution >= 4 is 27.3 Å². The molecule has 138 valence electrons. The highest BCUT2D eigenvalue weighted by atomic mass is 32.2. The van der Waals surface area contributed by atoms with E-state index in [1.54, 1.807) is 13.0 Å². The fraction of sp³-hybridized carbons (Fsp3) is 0.235. The van der Waals surface area contributed by atoms with Gasteiger partial charge in [0.2, 0.25) is 10.0 Å². The molecule has 0 unspecified atom stereocenters. The van der Waals surface area contributed by atoms with Crippen LogP contribution in [0.4, 0.5) is 24.5 Å². The van der Waals surface area contributed by atoms with Crippen LogP contribution in [0.15, 0.2) is 30.3 Å². The second-order valence-electron chi connectivity index (χ2n) is 5.92. The molecule has 1 aliphatic heterocycles. The summed E-state index contributed by atoms with van der Waals surface area (Å²) in [6.45, 7) is 2.06. The van der Waals surface area contributed by atoms with Crippen molar-refractivity contribution in [1.29, 1.82) is 0 Å². The number of nitrogens with zero attached hydrogens (tertiary/aromatic N) is 1. The first-order valence-electron chi connectivity index (χ1n) is 7.76. The number of halogens is 3. The average molecular weight is 384 g/mol. The molecule has 1 saturated heterocycles. The Hall–Kier alpha value is -2.55. The van der Waals surface area contributed by atoms with Gasteiger partial charge in [-0.05, 0) is 43.2 Å². The highest BCUT2D eigenvalue weighted by molar-refractivity contribution is 7.93. The molecule has 2 aromatic carbocycles. The van der Waals surface area contributed by atoms with Gasteiger partial charge in [0.25, 0.3) is 5.91 Å². The molecule has 1 aliphatic rings. The number of amides is 1. The second kappa shape index (κ2) is 6.64. The molecule has 1 fully saturated rings. The zero-order valence-corrected chi connectivity index (χ0v) is 14.5. The Bertz CT molecular complexity index is 993. The summed E-state index contributed by atoms with van der Waals surface area (Å²) in [4.78, 5) is 12.2. The Labute approximate surface area is 148 Å². The first-order chi connectivity index (χ1) is 12.2. The van der Waals surface area contributed by atoms with E-state index in [2.05, 4.69) is 5.32 Å². The van der Waals surface area contributed by atoms with Gasteiger partial charge < -0.3 is 5.32 Å². The maximum Gasteiger partial charge on any atom is 0.258 e. The van der Waals surface area contributed by atoms with Crippen LogP contribution in [-0.4, -0.2) is 26.6 Å². The number of carbonyl (C=O) groups excluding carboxylic acids is 1. The fourth-order valence-electron chi connectivity index (χ4n) is 2.77. The van der Waals surface area contributed by atoms with Crippen LogP contribution in [-0.2, 0) is 10.0 Å². The number of nitrogens with one attached hydrogen (secondary N) is 1. The van der Waals surface area contributed by atoms with Gasteiger partial charge in [0, 0.05) is 12.2 Å². The number of hydrogen-bond donors (Lipinski definition) is 1. The molecule has 3 rings (SSSR count). The van der Waals surface area contributed by atoms with Crippen LogP contribution in [0.5, 0.6) is 0 Å². The zero-order valence-electron chi connectivity index (χ0n) is 13.7. The fourth-order valence-corrected chi connectivity index (χ4v) is 4.38. The molecule has 0 aromatic heterocycles. The second-order valence-corrected chi connectivity index (χ2v) is 7.93. The number of benzene rings is 2. The molecule has 1 amide bonds. The van der Waals surface area contributed by atoms with E-state index in [0.29, 0.717) is 30.3 Å². The number of aryl methyl sites for hydroxylation is 1. The standard InChI is InChI=1S/C17H15F3N2O3S/c1-10-3-4-11(9-14(10)22-7-2-8-26(22,24)25)21-17(23)12-5-6-13(18)16(20)15(12)19/h3-6,9H,2,7-8H2,1H3,(H,21,23). The number of carbonyl (C=O) groups is 1. The van der Waals surface area contributed by atoms with Crippen LogP contribution in [0.25, 0.3) is 0 Å². The van der Waals surface area contributed by atoms with Crippen LogP contribution >= 0.6 is 0 Å². The normalized spacial score (nSPS) is 15.9. The van der Waals surface area contributed by atoms with Gasteiger partial charge in [0.15, 0.2) is 17.5 Å². The minimum absolute atomic E-state index is 0.0447. The molecule has 1 N–H and O–H groups in total. The highest BCUT2D eigenvalue weighted by Crippen LogP contribution is 2.30. The summed E-state index contributed by atoms with van der Waals surface area (Å²) in [7, 11) is -3.41. The predicted molar refractivity (Wildman–Crippen MR) is 91.2 cm³/mol. The lowest BCUT2D eigenvalue weighted by molar-refractivity contribution is 0.102. The van der Waals surface area contributed by atoms with E-state index in [4.69, 9.17) is 0 Å². The predicted octanol–water partition coefficient (Wildman–Crippen LogP) is 3.20. The van der Waals surface area contributed by atoms with E-state index < -0.39 is 38.9 Å². The smallest absolute Gasteiger partial charge is 0.258 e. The summed E-state index contributed by atoms with van der Waals surface area (Å²) in [6.07, 6.45) is 0.498. The number of rotatable bonds is 3. The van der Waals surface area contributed by atoms with Crippen molar-refractivity contribution in [3.05, 3.63) is 58.9 Å². The van der Waals surface area contributed by atoms with Gasteiger partial charge in [-0.1, -0.05) is 6.07 Å². The van der Waals surface area contributed by atoms with E-state index in [0.717, 1.165) is 6.07 Å². The largest absolute Gasteiger partial charge is 0.322 e. The Morgan fingerprint density at radius 3 is 2.50 bits per heavy atom. The number of sulfonamides is 1. The third kappa shape index (κ3) is 3.26. The van der Waals surface area contributed by atoms with Gasteiger partial charge in [0.05, 0.1) is 17.0 Å². The summed E-state index contributed by atoms with van der Waals surface area (Å²) in [5.74, 6) is -5.64. The van der Waals surface area contributed by atoms with Crippen molar-refractivity contribution in [3.8, 4) is 0 Å². The van der Waals surface area contributed by atoms with Crippen molar-refractivity contribution in [2.75, 3.05) is 21.9 Å². The van der Waals surface area contributed by atoms with Gasteiger partial charge in [0.1, 0.15) is 0 Å². The lowest BCUT2D eigenvalue weighted by Gasteiger charge is -2.20. The number of hydrogen-bond acceptors (Lipinski definition) is 3. The maximum absolute atomic E-state index is 13.7. The first-order valence-corrected chi connectivity index (χ1v) is 9.37. The van der Waals surface area contributed by atoms with Crippen LogP contribution < -0.4 is 9.62 Å². The molecule has 0 saturated carbocycles. The monoisotopic (exact) mass is 384 g/mol. The molecule has 9 heteroatoms. The highest BCUT2D eigenvalue weighted by Gasteiger charge is 2.29. The van der Waals surface area contributed by atoms with Crippen LogP contribution in [0.1, 0.15) is 22.3 Å².